The first-order chi connectivity index (χ1) is 11.0. The smallest absolute Gasteiger partial charge is 0.217 e. The molecule has 4 rings (SSSR count). The number of aromatic nitrogens is 2. The fraction of sp³-hybridized carbons (Fsp3) is 0.389. The van der Waals surface area contributed by atoms with Crippen LogP contribution in [0.2, 0.25) is 0 Å². The standard InChI is InChI=1S/C18H18FN3O/c1-10-12-7-8-18(10,20-11(2)23)17-14(12)9-16(21-22-17)13-5-3-4-6-15(13)19/h3-6,9-10,12H,7-8H2,1-2H3,(H,20,23)/t10?,12-,18?/m1/s1. The lowest BCUT2D eigenvalue weighted by Gasteiger charge is -2.31. The second-order valence-corrected chi connectivity index (χ2v) is 6.60. The molecule has 2 aromatic rings. The van der Waals surface area contributed by atoms with Crippen LogP contribution in [0.15, 0.2) is 30.3 Å². The number of fused-ring (bicyclic) bond motifs is 5. The zero-order chi connectivity index (χ0) is 16.2. The minimum Gasteiger partial charge on any atom is -0.345 e. The highest BCUT2D eigenvalue weighted by atomic mass is 19.1. The van der Waals surface area contributed by atoms with Crippen molar-refractivity contribution in [2.75, 3.05) is 0 Å². The van der Waals surface area contributed by atoms with Crippen molar-refractivity contribution >= 4 is 5.91 Å². The van der Waals surface area contributed by atoms with Gasteiger partial charge in [0.1, 0.15) is 5.82 Å². The summed E-state index contributed by atoms with van der Waals surface area (Å²) in [6, 6.07) is 8.55. The summed E-state index contributed by atoms with van der Waals surface area (Å²) in [5.41, 5.74) is 2.57. The number of amides is 1. The zero-order valence-corrected chi connectivity index (χ0v) is 13.1. The summed E-state index contributed by atoms with van der Waals surface area (Å²) in [6.45, 7) is 3.69. The predicted molar refractivity (Wildman–Crippen MR) is 84.1 cm³/mol. The van der Waals surface area contributed by atoms with Crippen LogP contribution in [-0.2, 0) is 10.3 Å². The fourth-order valence-electron chi connectivity index (χ4n) is 4.35. The van der Waals surface area contributed by atoms with Crippen LogP contribution in [0.25, 0.3) is 11.3 Å². The third-order valence-electron chi connectivity index (χ3n) is 5.42. The number of halogens is 1. The molecule has 1 amide bonds. The molecule has 0 aliphatic heterocycles. The van der Waals surface area contributed by atoms with E-state index in [1.807, 2.05) is 6.07 Å². The molecule has 118 valence electrons. The maximum absolute atomic E-state index is 14.0. The molecule has 1 saturated carbocycles. The quantitative estimate of drug-likeness (QED) is 0.927. The second-order valence-electron chi connectivity index (χ2n) is 6.60. The van der Waals surface area contributed by atoms with Crippen molar-refractivity contribution in [3.8, 4) is 11.3 Å². The summed E-state index contributed by atoms with van der Waals surface area (Å²) in [7, 11) is 0. The van der Waals surface area contributed by atoms with Crippen LogP contribution < -0.4 is 5.32 Å². The maximum atomic E-state index is 14.0. The fourth-order valence-corrected chi connectivity index (χ4v) is 4.35. The summed E-state index contributed by atoms with van der Waals surface area (Å²) in [5.74, 6) is 0.282. The van der Waals surface area contributed by atoms with E-state index < -0.39 is 5.54 Å². The molecule has 2 unspecified atom stereocenters. The van der Waals surface area contributed by atoms with Gasteiger partial charge < -0.3 is 5.32 Å². The van der Waals surface area contributed by atoms with Gasteiger partial charge in [-0.2, -0.15) is 10.2 Å². The van der Waals surface area contributed by atoms with Crippen molar-refractivity contribution in [1.82, 2.24) is 15.5 Å². The molecular formula is C18H18FN3O. The molecule has 2 bridgehead atoms. The van der Waals surface area contributed by atoms with Gasteiger partial charge >= 0.3 is 0 Å². The van der Waals surface area contributed by atoms with Crippen molar-refractivity contribution in [2.45, 2.75) is 38.1 Å². The molecule has 23 heavy (non-hydrogen) atoms. The van der Waals surface area contributed by atoms with E-state index in [2.05, 4.69) is 22.4 Å². The average Bonchev–Trinajstić information content (AvgIpc) is 2.95. The van der Waals surface area contributed by atoms with Crippen molar-refractivity contribution in [1.29, 1.82) is 0 Å². The molecule has 1 N–H and O–H groups in total. The average molecular weight is 311 g/mol. The minimum atomic E-state index is -0.410. The van der Waals surface area contributed by atoms with Crippen LogP contribution in [0.3, 0.4) is 0 Å². The van der Waals surface area contributed by atoms with E-state index >= 15 is 0 Å². The Hall–Kier alpha value is -2.30. The van der Waals surface area contributed by atoms with Gasteiger partial charge in [0.05, 0.1) is 16.9 Å². The number of rotatable bonds is 2. The number of benzene rings is 1. The van der Waals surface area contributed by atoms with Gasteiger partial charge in [0.25, 0.3) is 0 Å². The van der Waals surface area contributed by atoms with Gasteiger partial charge in [-0.3, -0.25) is 4.79 Å². The van der Waals surface area contributed by atoms with Crippen LogP contribution in [0.4, 0.5) is 4.39 Å². The lowest BCUT2D eigenvalue weighted by molar-refractivity contribution is -0.121. The van der Waals surface area contributed by atoms with Crippen LogP contribution in [0.5, 0.6) is 0 Å². The number of hydrogen-bond donors (Lipinski definition) is 1. The third kappa shape index (κ3) is 1.92. The van der Waals surface area contributed by atoms with Crippen molar-refractivity contribution in [3.63, 3.8) is 0 Å². The van der Waals surface area contributed by atoms with Gasteiger partial charge in [-0.1, -0.05) is 19.1 Å². The van der Waals surface area contributed by atoms with E-state index in [9.17, 15) is 9.18 Å². The molecule has 3 atom stereocenters. The Labute approximate surface area is 134 Å². The number of carbonyl (C=O) groups is 1. The number of hydrogen-bond acceptors (Lipinski definition) is 3. The van der Waals surface area contributed by atoms with Crippen molar-refractivity contribution in [2.24, 2.45) is 5.92 Å². The predicted octanol–water partition coefficient (Wildman–Crippen LogP) is 3.14. The summed E-state index contributed by atoms with van der Waals surface area (Å²) < 4.78 is 14.0. The van der Waals surface area contributed by atoms with Crippen molar-refractivity contribution in [3.05, 3.63) is 47.4 Å². The molecule has 1 aromatic carbocycles. The Morgan fingerprint density at radius 2 is 2.13 bits per heavy atom. The Bertz CT molecular complexity index is 807. The van der Waals surface area contributed by atoms with Gasteiger partial charge in [0.15, 0.2) is 0 Å². The first kappa shape index (κ1) is 14.3. The molecule has 1 aromatic heterocycles. The van der Waals surface area contributed by atoms with Crippen LogP contribution in [0, 0.1) is 11.7 Å². The molecular weight excluding hydrogens is 293 g/mol. The Kier molecular flexibility index (Phi) is 3.01. The Morgan fingerprint density at radius 1 is 1.35 bits per heavy atom. The first-order valence-corrected chi connectivity index (χ1v) is 7.94. The Balaban J connectivity index is 1.83. The van der Waals surface area contributed by atoms with E-state index in [0.29, 0.717) is 17.2 Å². The topological polar surface area (TPSA) is 54.9 Å². The largest absolute Gasteiger partial charge is 0.345 e. The van der Waals surface area contributed by atoms with Gasteiger partial charge in [-0.25, -0.2) is 4.39 Å². The molecule has 2 aliphatic carbocycles. The maximum Gasteiger partial charge on any atom is 0.217 e. The molecule has 5 heteroatoms. The van der Waals surface area contributed by atoms with Gasteiger partial charge in [0, 0.05) is 12.5 Å². The first-order valence-electron chi connectivity index (χ1n) is 7.94. The normalized spacial score (nSPS) is 27.8. The van der Waals surface area contributed by atoms with E-state index in [1.54, 1.807) is 18.2 Å². The molecule has 0 radical (unpaired) electrons. The summed E-state index contributed by atoms with van der Waals surface area (Å²) in [5, 5.41) is 11.8. The molecule has 0 saturated heterocycles. The van der Waals surface area contributed by atoms with E-state index in [4.69, 9.17) is 0 Å². The minimum absolute atomic E-state index is 0.0506. The van der Waals surface area contributed by atoms with E-state index in [1.165, 1.54) is 13.0 Å². The molecule has 4 nitrogen and oxygen atoms in total. The summed E-state index contributed by atoms with van der Waals surface area (Å²) >= 11 is 0. The summed E-state index contributed by atoms with van der Waals surface area (Å²) in [4.78, 5) is 11.7. The highest BCUT2D eigenvalue weighted by Crippen LogP contribution is 2.58. The lowest BCUT2D eigenvalue weighted by atomic mass is 9.88. The Morgan fingerprint density at radius 3 is 2.87 bits per heavy atom. The third-order valence-corrected chi connectivity index (χ3v) is 5.42. The SMILES string of the molecule is CC(=O)NC12CC[C@@H](c3cc(-c4ccccc4F)nnc31)C2C. The number of nitrogens with one attached hydrogen (secondary N) is 1. The highest BCUT2D eigenvalue weighted by Gasteiger charge is 2.57. The van der Waals surface area contributed by atoms with Gasteiger partial charge in [-0.05, 0) is 48.4 Å². The van der Waals surface area contributed by atoms with Gasteiger partial charge in [-0.15, -0.1) is 0 Å². The number of nitrogens with zero attached hydrogens (tertiary/aromatic N) is 2. The van der Waals surface area contributed by atoms with E-state index in [-0.39, 0.29) is 17.6 Å². The summed E-state index contributed by atoms with van der Waals surface area (Å²) in [6.07, 6.45) is 1.90. The zero-order valence-electron chi connectivity index (χ0n) is 13.1. The molecule has 1 heterocycles. The van der Waals surface area contributed by atoms with Crippen LogP contribution in [-0.4, -0.2) is 16.1 Å². The second kappa shape index (κ2) is 4.85. The number of carbonyl (C=O) groups excluding carboxylic acids is 1. The molecule has 1 fully saturated rings. The lowest BCUT2D eigenvalue weighted by Crippen LogP contribution is -2.46. The van der Waals surface area contributed by atoms with Crippen LogP contribution >= 0.6 is 0 Å². The van der Waals surface area contributed by atoms with Crippen LogP contribution in [0.1, 0.15) is 43.9 Å². The highest BCUT2D eigenvalue weighted by molar-refractivity contribution is 5.75. The molecule has 2 aliphatic rings. The van der Waals surface area contributed by atoms with Crippen molar-refractivity contribution < 1.29 is 9.18 Å². The van der Waals surface area contributed by atoms with Gasteiger partial charge in [0.2, 0.25) is 5.91 Å². The monoisotopic (exact) mass is 311 g/mol. The van der Waals surface area contributed by atoms with E-state index in [0.717, 1.165) is 24.1 Å². The molecule has 0 spiro atoms.